The number of allylic oxidation sites excluding steroid dienone is 5. The van der Waals surface area contributed by atoms with E-state index in [1.165, 1.54) is 18.3 Å². The van der Waals surface area contributed by atoms with Crippen LogP contribution in [0.2, 0.25) is 0 Å². The number of fused-ring (bicyclic) bond motifs is 10. The Morgan fingerprint density at radius 3 is 1.89 bits per heavy atom. The molecule has 14 heteroatoms. The number of aliphatic hydroxyl groups is 5. The third-order valence-electron chi connectivity index (χ3n) is 17.7. The van der Waals surface area contributed by atoms with Crippen molar-refractivity contribution in [1.29, 1.82) is 0 Å². The highest BCUT2D eigenvalue weighted by Crippen LogP contribution is 2.68. The van der Waals surface area contributed by atoms with Gasteiger partial charge in [-0.15, -0.1) is 0 Å². The van der Waals surface area contributed by atoms with Crippen LogP contribution >= 0.6 is 0 Å². The van der Waals surface area contributed by atoms with E-state index in [2.05, 4.69) is 60.5 Å². The second kappa shape index (κ2) is 17.1. The maximum Gasteiger partial charge on any atom is 0.140 e. The fourth-order valence-corrected chi connectivity index (χ4v) is 14.3. The Morgan fingerprint density at radius 2 is 1.30 bits per heavy atom. The van der Waals surface area contributed by atoms with Gasteiger partial charge in [-0.2, -0.15) is 0 Å². The molecule has 61 heavy (non-hydrogen) atoms. The molecule has 5 fully saturated rings. The zero-order chi connectivity index (χ0) is 44.3. The molecule has 2 unspecified atom stereocenters. The van der Waals surface area contributed by atoms with Crippen LogP contribution in [0.5, 0.6) is 0 Å². The van der Waals surface area contributed by atoms with Gasteiger partial charge < -0.3 is 50.0 Å². The monoisotopic (exact) mass is 853 g/mol. The van der Waals surface area contributed by atoms with Gasteiger partial charge in [-0.05, 0) is 136 Å². The zero-order valence-electron chi connectivity index (χ0n) is 37.8. The van der Waals surface area contributed by atoms with Crippen molar-refractivity contribution in [2.24, 2.45) is 77.8 Å². The molecule has 14 nitrogen and oxygen atoms in total. The number of hydrogen-bond donors (Lipinski definition) is 6. The van der Waals surface area contributed by atoms with Crippen LogP contribution < -0.4 is 0 Å². The highest BCUT2D eigenvalue weighted by atomic mass is 16.6. The van der Waals surface area contributed by atoms with E-state index in [4.69, 9.17) is 19.2 Å². The molecular formula is C47H72N4O10. The Labute approximate surface area is 361 Å². The molecule has 5 saturated carbocycles. The molecule has 0 aromatic carbocycles. The lowest BCUT2D eigenvalue weighted by molar-refractivity contribution is -0.116. The number of ether oxygens (including phenoxy) is 1. The van der Waals surface area contributed by atoms with Crippen LogP contribution in [0.15, 0.2) is 55.6 Å². The number of oxime groups is 4. The van der Waals surface area contributed by atoms with Gasteiger partial charge in [0.05, 0.1) is 59.5 Å². The summed E-state index contributed by atoms with van der Waals surface area (Å²) in [5.41, 5.74) is 5.06. The molecule has 0 bridgehead atoms. The minimum Gasteiger partial charge on any atom is -0.411 e. The number of nitrogens with zero attached hydrogens (tertiary/aromatic N) is 4. The Morgan fingerprint density at radius 1 is 0.705 bits per heavy atom. The molecule has 340 valence electrons. The lowest BCUT2D eigenvalue weighted by atomic mass is 9.46. The number of methoxy groups -OCH3 is 1. The van der Waals surface area contributed by atoms with Crippen molar-refractivity contribution in [3.63, 3.8) is 0 Å². The Balaban J connectivity index is 0.000000186. The molecule has 15 atom stereocenters. The molecule has 6 N–H and O–H groups in total. The fraction of sp³-hybridized carbons (Fsp3) is 0.787. The van der Waals surface area contributed by atoms with E-state index >= 15 is 0 Å². The highest BCUT2D eigenvalue weighted by Gasteiger charge is 2.67. The molecular weight excluding hydrogens is 781 g/mol. The van der Waals surface area contributed by atoms with Gasteiger partial charge in [0, 0.05) is 41.6 Å². The molecule has 0 saturated heterocycles. The molecule has 0 spiro atoms. The summed E-state index contributed by atoms with van der Waals surface area (Å²) in [6.07, 6.45) is 11.7. The smallest absolute Gasteiger partial charge is 0.140 e. The standard InChI is InChI=1S/C25H40N2O6.C22H32N2O4/c1-15(26-33-11-10-31-4)16-7-9-25(30)18-12-20(27-32-5)19-13-21(28)22(29)14-23(19,2)17(18)6-8-24(16,25)3;1-12(23-27)14-5-6-15-13-9-18(24-28-4)17-10-19(25)20(26)11-22(17,3)16(13)7-8-21(14,15)2/h12,16-17,19,21-22,28-30H,6-11,13-14H2,1-5H3;6,9,14,16-17,19-20,25-27H,5,7-8,10-11H2,1-4H3/b26-15?,27-20+;23-12?,24-18-/t16-,17?,19+,21-,22+,23-,24-,25-;14-,16?,17+,19-,20+,21-,22-/m11/s1. The summed E-state index contributed by atoms with van der Waals surface area (Å²) in [6, 6.07) is 0. The first-order chi connectivity index (χ1) is 28.9. The SMILES string of the molecule is CO/N=C1/C=C2C3=CC[C@H](C(C)=NO)[C@@]3(C)CCC2[C@@]2(C)C[C@H](O)[C@H](O)C[C@@H]12.COCCON=C(C)[C@H]1CC[C@@]2(O)C3=C/C(=N\OC)[C@@H]4C[C@@H](O)[C@@H](O)C[C@]4(C)C3CC[C@]12C. The predicted octanol–water partition coefficient (Wildman–Crippen LogP) is 5.94. The van der Waals surface area contributed by atoms with E-state index in [0.29, 0.717) is 51.2 Å². The van der Waals surface area contributed by atoms with Crippen LogP contribution in [-0.2, 0) is 19.2 Å². The Hall–Kier alpha value is -3.14. The van der Waals surface area contributed by atoms with Crippen LogP contribution in [0.1, 0.15) is 112 Å². The number of rotatable bonds is 8. The third kappa shape index (κ3) is 7.32. The van der Waals surface area contributed by atoms with Gasteiger partial charge in [-0.1, -0.05) is 54.4 Å². The zero-order valence-corrected chi connectivity index (χ0v) is 37.8. The lowest BCUT2D eigenvalue weighted by Gasteiger charge is -2.60. The Kier molecular flexibility index (Phi) is 12.9. The molecule has 8 rings (SSSR count). The molecule has 0 aliphatic heterocycles. The van der Waals surface area contributed by atoms with Gasteiger partial charge in [0.2, 0.25) is 0 Å². The van der Waals surface area contributed by atoms with Gasteiger partial charge in [-0.25, -0.2) is 0 Å². The van der Waals surface area contributed by atoms with Crippen LogP contribution in [0.25, 0.3) is 0 Å². The first-order valence-electron chi connectivity index (χ1n) is 22.5. The molecule has 8 aliphatic carbocycles. The van der Waals surface area contributed by atoms with Crippen LogP contribution in [-0.4, -0.2) is 118 Å². The number of aliphatic hydroxyl groups excluding tert-OH is 4. The van der Waals surface area contributed by atoms with E-state index in [1.807, 2.05) is 19.9 Å². The molecule has 0 radical (unpaired) electrons. The highest BCUT2D eigenvalue weighted by molar-refractivity contribution is 6.00. The van der Waals surface area contributed by atoms with Crippen LogP contribution in [0.3, 0.4) is 0 Å². The minimum absolute atomic E-state index is 0.0211. The average Bonchev–Trinajstić information content (AvgIpc) is 3.72. The van der Waals surface area contributed by atoms with Crippen LogP contribution in [0.4, 0.5) is 0 Å². The second-order valence-corrected chi connectivity index (χ2v) is 20.5. The van der Waals surface area contributed by atoms with Crippen molar-refractivity contribution in [2.75, 3.05) is 34.5 Å². The maximum atomic E-state index is 12.3. The molecule has 0 amide bonds. The first kappa shape index (κ1) is 45.9. The van der Waals surface area contributed by atoms with Crippen LogP contribution in [0, 0.1) is 57.2 Å². The fourth-order valence-electron chi connectivity index (χ4n) is 14.3. The van der Waals surface area contributed by atoms with E-state index in [-0.39, 0.29) is 51.2 Å². The quantitative estimate of drug-likeness (QED) is 0.0733. The summed E-state index contributed by atoms with van der Waals surface area (Å²) in [4.78, 5) is 15.8. The van der Waals surface area contributed by atoms with Gasteiger partial charge in [-0.3, -0.25) is 0 Å². The summed E-state index contributed by atoms with van der Waals surface area (Å²) in [6.45, 7) is 13.7. The van der Waals surface area contributed by atoms with Crippen molar-refractivity contribution >= 4 is 22.8 Å². The summed E-state index contributed by atoms with van der Waals surface area (Å²) in [7, 11) is 4.71. The largest absolute Gasteiger partial charge is 0.411 e. The lowest BCUT2D eigenvalue weighted by Crippen LogP contribution is -2.61. The average molecular weight is 853 g/mol. The van der Waals surface area contributed by atoms with Gasteiger partial charge in [0.15, 0.2) is 0 Å². The molecule has 0 aromatic rings. The Bertz CT molecular complexity index is 1890. The molecule has 0 heterocycles. The first-order valence-corrected chi connectivity index (χ1v) is 22.5. The van der Waals surface area contributed by atoms with E-state index in [0.717, 1.165) is 66.9 Å². The summed E-state index contributed by atoms with van der Waals surface area (Å²) in [5.74, 6) is 0.808. The van der Waals surface area contributed by atoms with Gasteiger partial charge in [0.1, 0.15) is 20.8 Å². The predicted molar refractivity (Wildman–Crippen MR) is 232 cm³/mol. The summed E-state index contributed by atoms with van der Waals surface area (Å²) in [5, 5.41) is 80.0. The van der Waals surface area contributed by atoms with E-state index < -0.39 is 30.0 Å². The topological polar surface area (TPSA) is 208 Å². The second-order valence-electron chi connectivity index (χ2n) is 20.5. The van der Waals surface area contributed by atoms with Crippen molar-refractivity contribution < 1.29 is 50.0 Å². The molecule has 0 aromatic heterocycles. The van der Waals surface area contributed by atoms with Gasteiger partial charge in [0.25, 0.3) is 0 Å². The normalized spacial score (nSPS) is 46.6. The van der Waals surface area contributed by atoms with E-state index in [1.54, 1.807) is 14.2 Å². The van der Waals surface area contributed by atoms with Crippen molar-refractivity contribution in [2.45, 2.75) is 142 Å². The number of hydrogen-bond acceptors (Lipinski definition) is 14. The third-order valence-corrected chi connectivity index (χ3v) is 17.7. The van der Waals surface area contributed by atoms with Crippen molar-refractivity contribution in [1.82, 2.24) is 0 Å². The van der Waals surface area contributed by atoms with Crippen molar-refractivity contribution in [3.05, 3.63) is 34.9 Å². The summed E-state index contributed by atoms with van der Waals surface area (Å²) >= 11 is 0. The van der Waals surface area contributed by atoms with Crippen molar-refractivity contribution in [3.8, 4) is 0 Å². The molecule has 8 aliphatic rings. The summed E-state index contributed by atoms with van der Waals surface area (Å²) < 4.78 is 5.03. The minimum atomic E-state index is -0.993. The van der Waals surface area contributed by atoms with Gasteiger partial charge >= 0.3 is 0 Å². The maximum absolute atomic E-state index is 12.3. The van der Waals surface area contributed by atoms with E-state index in [9.17, 15) is 30.7 Å².